The molecule has 1 aromatic carbocycles. The van der Waals surface area contributed by atoms with Gasteiger partial charge in [0.2, 0.25) is 5.91 Å². The third-order valence-corrected chi connectivity index (χ3v) is 6.14. The highest BCUT2D eigenvalue weighted by molar-refractivity contribution is 7.52. The van der Waals surface area contributed by atoms with Crippen LogP contribution in [0.15, 0.2) is 35.3 Å². The molecular weight excluding hydrogens is 437 g/mol. The van der Waals surface area contributed by atoms with E-state index in [0.717, 1.165) is 12.8 Å². The van der Waals surface area contributed by atoms with Gasteiger partial charge in [-0.15, -0.1) is 0 Å². The van der Waals surface area contributed by atoms with Gasteiger partial charge in [-0.1, -0.05) is 31.5 Å². The third-order valence-electron chi connectivity index (χ3n) is 4.50. The lowest BCUT2D eigenvalue weighted by Gasteiger charge is -2.24. The summed E-state index contributed by atoms with van der Waals surface area (Å²) in [5, 5.41) is 2.65. The molecule has 0 spiro atoms. The number of benzene rings is 1. The van der Waals surface area contributed by atoms with Gasteiger partial charge in [0.25, 0.3) is 0 Å². The molecule has 1 aliphatic rings. The number of nitrogens with two attached hydrogens (primary N) is 1. The summed E-state index contributed by atoms with van der Waals surface area (Å²) in [6, 6.07) is 7.63. The van der Waals surface area contributed by atoms with Crippen molar-refractivity contribution in [2.75, 3.05) is 13.2 Å². The minimum Gasteiger partial charge on any atom is -0.465 e. The van der Waals surface area contributed by atoms with Crippen molar-refractivity contribution >= 4 is 25.8 Å². The van der Waals surface area contributed by atoms with E-state index in [0.29, 0.717) is 25.2 Å². The van der Waals surface area contributed by atoms with Crippen molar-refractivity contribution in [2.45, 2.75) is 64.3 Å². The lowest BCUT2D eigenvalue weighted by atomic mass is 10.2. The van der Waals surface area contributed by atoms with E-state index in [9.17, 15) is 14.2 Å². The smallest absolute Gasteiger partial charge is 0.459 e. The average molecular weight is 469 g/mol. The second-order valence-corrected chi connectivity index (χ2v) is 9.06. The van der Waals surface area contributed by atoms with E-state index >= 15 is 0 Å². The van der Waals surface area contributed by atoms with Crippen LogP contribution in [0, 0.1) is 0 Å². The van der Waals surface area contributed by atoms with Crippen molar-refractivity contribution in [3.8, 4) is 5.75 Å². The Morgan fingerprint density at radius 3 is 2.78 bits per heavy atom. The second kappa shape index (κ2) is 13.3. The van der Waals surface area contributed by atoms with Crippen LogP contribution in [0.2, 0.25) is 0 Å². The van der Waals surface area contributed by atoms with Crippen LogP contribution >= 0.6 is 7.75 Å². The van der Waals surface area contributed by atoms with Crippen molar-refractivity contribution in [1.29, 1.82) is 0 Å². The molecule has 0 saturated carbocycles. The molecule has 4 unspecified atom stereocenters. The number of hydrogen-bond donors (Lipinski definition) is 2. The van der Waals surface area contributed by atoms with Crippen LogP contribution in [0.25, 0.3) is 0 Å². The zero-order chi connectivity index (χ0) is 23.4. The van der Waals surface area contributed by atoms with E-state index < -0.39 is 31.9 Å². The van der Waals surface area contributed by atoms with Crippen molar-refractivity contribution in [2.24, 2.45) is 10.7 Å². The van der Waals surface area contributed by atoms with Gasteiger partial charge < -0.3 is 19.7 Å². The molecule has 0 aliphatic carbocycles. The number of para-hydroxylation sites is 1. The predicted molar refractivity (Wildman–Crippen MR) is 119 cm³/mol. The molecule has 0 bridgehead atoms. The summed E-state index contributed by atoms with van der Waals surface area (Å²) in [4.78, 5) is 27.2. The predicted octanol–water partition coefficient (Wildman–Crippen LogP) is 2.96. The summed E-state index contributed by atoms with van der Waals surface area (Å²) in [6.45, 7) is 3.79. The molecule has 1 fully saturated rings. The first-order valence-electron chi connectivity index (χ1n) is 10.7. The van der Waals surface area contributed by atoms with E-state index in [4.69, 9.17) is 24.3 Å². The number of nitrogens with zero attached hydrogens (tertiary/aromatic N) is 1. The first-order valence-corrected chi connectivity index (χ1v) is 12.2. The van der Waals surface area contributed by atoms with Crippen LogP contribution in [0.4, 0.5) is 0 Å². The Balaban J connectivity index is 1.96. The summed E-state index contributed by atoms with van der Waals surface area (Å²) in [7, 11) is -3.93. The molecule has 1 aromatic rings. The number of nitrogens with one attached hydrogen (secondary N) is 1. The van der Waals surface area contributed by atoms with Gasteiger partial charge in [-0.05, 0) is 38.3 Å². The van der Waals surface area contributed by atoms with Crippen molar-refractivity contribution < 1.29 is 32.7 Å². The number of carbonyl (C=O) groups is 2. The maximum Gasteiger partial charge on any atom is 0.459 e. The SMILES string of the molecule is CCCCOC(=O)C(C)NP(=O)(OCC1CCC(N=CCC(N)=O)O1)Oc1ccccc1. The van der Waals surface area contributed by atoms with Gasteiger partial charge in [-0.2, -0.15) is 5.09 Å². The summed E-state index contributed by atoms with van der Waals surface area (Å²) >= 11 is 0. The maximum atomic E-state index is 13.4. The molecule has 1 aliphatic heterocycles. The molecule has 11 heteroatoms. The van der Waals surface area contributed by atoms with Gasteiger partial charge >= 0.3 is 13.7 Å². The van der Waals surface area contributed by atoms with E-state index in [-0.39, 0.29) is 19.1 Å². The van der Waals surface area contributed by atoms with Gasteiger partial charge in [-0.3, -0.25) is 19.1 Å². The number of carbonyl (C=O) groups excluding carboxylic acids is 2. The fourth-order valence-electron chi connectivity index (χ4n) is 2.80. The summed E-state index contributed by atoms with van der Waals surface area (Å²) < 4.78 is 35.6. The molecule has 1 saturated heterocycles. The zero-order valence-corrected chi connectivity index (χ0v) is 19.4. The van der Waals surface area contributed by atoms with Crippen LogP contribution in [-0.4, -0.2) is 49.7 Å². The molecule has 32 heavy (non-hydrogen) atoms. The van der Waals surface area contributed by atoms with Gasteiger partial charge in [-0.25, -0.2) is 4.57 Å². The molecule has 1 heterocycles. The minimum atomic E-state index is -3.93. The fraction of sp³-hybridized carbons (Fsp3) is 0.571. The molecule has 2 rings (SSSR count). The number of hydrogen-bond acceptors (Lipinski definition) is 8. The van der Waals surface area contributed by atoms with Crippen LogP contribution in [-0.2, 0) is 28.2 Å². The lowest BCUT2D eigenvalue weighted by molar-refractivity contribution is -0.145. The second-order valence-electron chi connectivity index (χ2n) is 7.36. The number of rotatable bonds is 14. The molecule has 3 N–H and O–H groups in total. The van der Waals surface area contributed by atoms with E-state index in [1.54, 1.807) is 30.3 Å². The number of ether oxygens (including phenoxy) is 2. The molecule has 10 nitrogen and oxygen atoms in total. The summed E-state index contributed by atoms with van der Waals surface area (Å²) in [6.07, 6.45) is 3.56. The Kier molecular flexibility index (Phi) is 10.8. The van der Waals surface area contributed by atoms with Crippen LogP contribution in [0.3, 0.4) is 0 Å². The molecular formula is C21H32N3O7P. The lowest BCUT2D eigenvalue weighted by Crippen LogP contribution is -2.35. The standard InChI is InChI=1S/C21H32N3O7P/c1-3-4-14-28-21(26)16(2)24-32(27,31-17-8-6-5-7-9-17)29-15-18-10-11-20(30-18)23-13-12-19(22)25/h5-9,13,16,18,20H,3-4,10-12,14-15H2,1-2H3,(H2,22,25)(H,24,27). The fourth-order valence-corrected chi connectivity index (χ4v) is 4.32. The zero-order valence-electron chi connectivity index (χ0n) is 18.5. The Labute approximate surface area is 188 Å². The van der Waals surface area contributed by atoms with Crippen molar-refractivity contribution in [3.05, 3.63) is 30.3 Å². The Morgan fingerprint density at radius 1 is 1.34 bits per heavy atom. The van der Waals surface area contributed by atoms with Crippen LogP contribution < -0.4 is 15.3 Å². The quantitative estimate of drug-likeness (QED) is 0.184. The Morgan fingerprint density at radius 2 is 2.09 bits per heavy atom. The van der Waals surface area contributed by atoms with Crippen LogP contribution in [0.5, 0.6) is 5.75 Å². The van der Waals surface area contributed by atoms with Crippen molar-refractivity contribution in [3.63, 3.8) is 0 Å². The molecule has 0 aromatic heterocycles. The third kappa shape index (κ3) is 9.48. The molecule has 178 valence electrons. The summed E-state index contributed by atoms with van der Waals surface area (Å²) in [5.41, 5.74) is 5.08. The number of amides is 1. The Bertz CT molecular complexity index is 806. The monoisotopic (exact) mass is 469 g/mol. The van der Waals surface area contributed by atoms with Gasteiger partial charge in [0.1, 0.15) is 18.0 Å². The normalized spacial score (nSPS) is 21.2. The molecule has 4 atom stereocenters. The van der Waals surface area contributed by atoms with Gasteiger partial charge in [0.05, 0.1) is 25.7 Å². The Hall–Kier alpha value is -2.26. The van der Waals surface area contributed by atoms with E-state index in [1.807, 2.05) is 6.92 Å². The summed E-state index contributed by atoms with van der Waals surface area (Å²) in [5.74, 6) is -0.685. The number of esters is 1. The van der Waals surface area contributed by atoms with Crippen molar-refractivity contribution in [1.82, 2.24) is 5.09 Å². The molecule has 0 radical (unpaired) electrons. The maximum absolute atomic E-state index is 13.4. The highest BCUT2D eigenvalue weighted by Gasteiger charge is 2.34. The average Bonchev–Trinajstić information content (AvgIpc) is 3.20. The van der Waals surface area contributed by atoms with Gasteiger partial charge in [0.15, 0.2) is 0 Å². The topological polar surface area (TPSA) is 139 Å². The van der Waals surface area contributed by atoms with Crippen LogP contribution in [0.1, 0.15) is 46.0 Å². The highest BCUT2D eigenvalue weighted by atomic mass is 31.2. The number of aliphatic imine (C=N–C) groups is 1. The first kappa shape index (κ1) is 26.0. The number of primary amides is 1. The number of unbranched alkanes of at least 4 members (excludes halogenated alkanes) is 1. The van der Waals surface area contributed by atoms with E-state index in [2.05, 4.69) is 10.1 Å². The molecule has 1 amide bonds. The minimum absolute atomic E-state index is 0.0312. The first-order chi connectivity index (χ1) is 15.3. The van der Waals surface area contributed by atoms with E-state index in [1.165, 1.54) is 13.1 Å². The largest absolute Gasteiger partial charge is 0.465 e. The van der Waals surface area contributed by atoms with Gasteiger partial charge in [0, 0.05) is 6.21 Å². The highest BCUT2D eigenvalue weighted by Crippen LogP contribution is 2.45.